The molecule has 11 heteroatoms. The van der Waals surface area contributed by atoms with Crippen LogP contribution in [-0.4, -0.2) is 28.0 Å². The highest BCUT2D eigenvalue weighted by Crippen LogP contribution is 2.37. The molecule has 0 atom stereocenters. The minimum absolute atomic E-state index is 0.0636. The van der Waals surface area contributed by atoms with Crippen molar-refractivity contribution in [3.8, 4) is 5.75 Å². The fourth-order valence-electron chi connectivity index (χ4n) is 3.19. The number of carbonyl (C=O) groups is 1. The number of anilines is 2. The summed E-state index contributed by atoms with van der Waals surface area (Å²) >= 11 is 5.69. The Labute approximate surface area is 200 Å². The highest BCUT2D eigenvalue weighted by molar-refractivity contribution is 7.92. The van der Waals surface area contributed by atoms with Crippen molar-refractivity contribution in [1.82, 2.24) is 0 Å². The van der Waals surface area contributed by atoms with Gasteiger partial charge in [-0.25, -0.2) is 8.42 Å². The zero-order chi connectivity index (χ0) is 25.1. The lowest BCUT2D eigenvalue weighted by Gasteiger charge is -2.26. The summed E-state index contributed by atoms with van der Waals surface area (Å²) in [6.45, 7) is 0.913. The number of aryl methyl sites for hydroxylation is 1. The Hall–Kier alpha value is -3.24. The number of rotatable bonds is 7. The quantitative estimate of drug-likeness (QED) is 0.453. The van der Waals surface area contributed by atoms with E-state index < -0.39 is 39.9 Å². The Morgan fingerprint density at radius 1 is 1.06 bits per heavy atom. The molecule has 0 saturated carbocycles. The smallest absolute Gasteiger partial charge is 0.418 e. The number of nitrogens with one attached hydrogen (secondary N) is 1. The van der Waals surface area contributed by atoms with Crippen LogP contribution in [0.1, 0.15) is 11.1 Å². The van der Waals surface area contributed by atoms with Gasteiger partial charge >= 0.3 is 6.18 Å². The summed E-state index contributed by atoms with van der Waals surface area (Å²) in [5.41, 5.74) is -0.954. The van der Waals surface area contributed by atoms with Crippen LogP contribution in [-0.2, 0) is 21.0 Å². The fourth-order valence-corrected chi connectivity index (χ4v) is 4.81. The van der Waals surface area contributed by atoms with Crippen LogP contribution in [0.25, 0.3) is 0 Å². The van der Waals surface area contributed by atoms with E-state index in [9.17, 15) is 26.4 Å². The molecule has 0 saturated heterocycles. The summed E-state index contributed by atoms with van der Waals surface area (Å²) in [7, 11) is -2.95. The summed E-state index contributed by atoms with van der Waals surface area (Å²) in [5.74, 6) is -0.823. The number of methoxy groups -OCH3 is 1. The second-order valence-electron chi connectivity index (χ2n) is 7.24. The van der Waals surface area contributed by atoms with Gasteiger partial charge in [0.25, 0.3) is 10.0 Å². The van der Waals surface area contributed by atoms with E-state index in [0.29, 0.717) is 11.6 Å². The summed E-state index contributed by atoms with van der Waals surface area (Å²) in [4.78, 5) is 12.8. The third kappa shape index (κ3) is 5.63. The average molecular weight is 513 g/mol. The number of amides is 1. The van der Waals surface area contributed by atoms with Crippen molar-refractivity contribution in [3.05, 3.63) is 82.9 Å². The van der Waals surface area contributed by atoms with Gasteiger partial charge < -0.3 is 10.1 Å². The lowest BCUT2D eigenvalue weighted by atomic mass is 10.1. The molecule has 0 heterocycles. The molecule has 0 aliphatic carbocycles. The van der Waals surface area contributed by atoms with Crippen molar-refractivity contribution in [3.63, 3.8) is 0 Å². The molecular weight excluding hydrogens is 493 g/mol. The Balaban J connectivity index is 2.05. The maximum absolute atomic E-state index is 13.5. The van der Waals surface area contributed by atoms with E-state index in [0.717, 1.165) is 10.4 Å². The minimum atomic E-state index is -4.79. The predicted octanol–water partition coefficient (Wildman–Crippen LogP) is 5.51. The molecule has 0 unspecified atom stereocenters. The van der Waals surface area contributed by atoms with E-state index in [1.165, 1.54) is 49.6 Å². The van der Waals surface area contributed by atoms with Crippen LogP contribution >= 0.6 is 11.6 Å². The minimum Gasteiger partial charge on any atom is -0.495 e. The molecule has 0 aliphatic heterocycles. The summed E-state index contributed by atoms with van der Waals surface area (Å²) in [5, 5.41) is 1.99. The Morgan fingerprint density at radius 3 is 2.35 bits per heavy atom. The number of hydrogen-bond acceptors (Lipinski definition) is 4. The zero-order valence-corrected chi connectivity index (χ0v) is 19.6. The normalized spacial score (nSPS) is 11.7. The number of sulfonamides is 1. The maximum Gasteiger partial charge on any atom is 0.418 e. The summed E-state index contributed by atoms with van der Waals surface area (Å²) in [6, 6.07) is 15.0. The molecule has 3 aromatic rings. The van der Waals surface area contributed by atoms with E-state index in [2.05, 4.69) is 5.32 Å². The van der Waals surface area contributed by atoms with Crippen molar-refractivity contribution >= 4 is 38.9 Å². The molecule has 0 bridgehead atoms. The van der Waals surface area contributed by atoms with E-state index >= 15 is 0 Å². The van der Waals surface area contributed by atoms with Gasteiger partial charge in [-0.1, -0.05) is 35.9 Å². The van der Waals surface area contributed by atoms with Crippen LogP contribution in [0.4, 0.5) is 24.5 Å². The Kier molecular flexibility index (Phi) is 7.42. The highest BCUT2D eigenvalue weighted by Gasteiger charge is 2.35. The number of alkyl halides is 3. The van der Waals surface area contributed by atoms with Gasteiger partial charge in [0.2, 0.25) is 5.91 Å². The topological polar surface area (TPSA) is 75.7 Å². The molecule has 0 radical (unpaired) electrons. The largest absolute Gasteiger partial charge is 0.495 e. The van der Waals surface area contributed by atoms with Gasteiger partial charge in [-0.3, -0.25) is 9.10 Å². The van der Waals surface area contributed by atoms with Crippen molar-refractivity contribution < 1.29 is 31.1 Å². The van der Waals surface area contributed by atoms with E-state index in [4.69, 9.17) is 16.3 Å². The van der Waals surface area contributed by atoms with Gasteiger partial charge in [0.1, 0.15) is 12.3 Å². The number of nitrogens with zero attached hydrogens (tertiary/aromatic N) is 1. The predicted molar refractivity (Wildman–Crippen MR) is 124 cm³/mol. The van der Waals surface area contributed by atoms with E-state index in [1.807, 2.05) is 0 Å². The van der Waals surface area contributed by atoms with Crippen molar-refractivity contribution in [2.24, 2.45) is 0 Å². The molecule has 34 heavy (non-hydrogen) atoms. The summed E-state index contributed by atoms with van der Waals surface area (Å²) < 4.78 is 73.3. The summed E-state index contributed by atoms with van der Waals surface area (Å²) in [6.07, 6.45) is -4.79. The van der Waals surface area contributed by atoms with Crippen LogP contribution in [0.15, 0.2) is 71.6 Å². The molecule has 6 nitrogen and oxygen atoms in total. The van der Waals surface area contributed by atoms with Gasteiger partial charge in [0, 0.05) is 5.02 Å². The molecule has 1 N–H and O–H groups in total. The first kappa shape index (κ1) is 25.4. The van der Waals surface area contributed by atoms with Gasteiger partial charge in [-0.15, -0.1) is 0 Å². The lowest BCUT2D eigenvalue weighted by Crippen LogP contribution is -2.38. The molecule has 180 valence electrons. The molecule has 3 rings (SSSR count). The second kappa shape index (κ2) is 9.94. The van der Waals surface area contributed by atoms with Gasteiger partial charge in [-0.05, 0) is 55.0 Å². The van der Waals surface area contributed by atoms with Crippen LogP contribution in [0.3, 0.4) is 0 Å². The lowest BCUT2D eigenvalue weighted by molar-refractivity contribution is -0.137. The van der Waals surface area contributed by atoms with Crippen molar-refractivity contribution in [2.75, 3.05) is 23.3 Å². The van der Waals surface area contributed by atoms with Crippen molar-refractivity contribution in [2.45, 2.75) is 18.0 Å². The van der Waals surface area contributed by atoms with Crippen LogP contribution < -0.4 is 14.4 Å². The van der Waals surface area contributed by atoms with Gasteiger partial charge in [0.05, 0.1) is 28.9 Å². The first-order valence-electron chi connectivity index (χ1n) is 9.82. The molecule has 0 spiro atoms. The maximum atomic E-state index is 13.5. The van der Waals surface area contributed by atoms with Crippen molar-refractivity contribution in [1.29, 1.82) is 0 Å². The average Bonchev–Trinajstić information content (AvgIpc) is 2.78. The number of ether oxygens (including phenoxy) is 1. The molecule has 0 fully saturated rings. The van der Waals surface area contributed by atoms with E-state index in [-0.39, 0.29) is 21.4 Å². The van der Waals surface area contributed by atoms with Gasteiger partial charge in [0.15, 0.2) is 0 Å². The number of carbonyl (C=O) groups excluding carboxylic acids is 1. The molecule has 0 aliphatic rings. The standard InChI is InChI=1S/C23H20ClF3N2O4S/c1-15-8-11-21(33-2)20(12-15)29(34(31,32)17-6-4-3-5-7-17)14-22(30)28-19-10-9-16(24)13-18(19)23(25,26)27/h3-13H,14H2,1-2H3,(H,28,30). The molecule has 1 amide bonds. The Bertz CT molecular complexity index is 1300. The third-order valence-electron chi connectivity index (χ3n) is 4.78. The van der Waals surface area contributed by atoms with Crippen LogP contribution in [0.5, 0.6) is 5.75 Å². The molecule has 0 aromatic heterocycles. The number of benzene rings is 3. The SMILES string of the molecule is COc1ccc(C)cc1N(CC(=O)Nc1ccc(Cl)cc1C(F)(F)F)S(=O)(=O)c1ccccc1. The third-order valence-corrected chi connectivity index (χ3v) is 6.79. The van der Waals surface area contributed by atoms with Crippen LogP contribution in [0, 0.1) is 6.92 Å². The monoisotopic (exact) mass is 512 g/mol. The Morgan fingerprint density at radius 2 is 1.74 bits per heavy atom. The second-order valence-corrected chi connectivity index (χ2v) is 9.53. The highest BCUT2D eigenvalue weighted by atomic mass is 35.5. The first-order chi connectivity index (χ1) is 15.9. The van der Waals surface area contributed by atoms with Crippen LogP contribution in [0.2, 0.25) is 5.02 Å². The molecular formula is C23H20ClF3N2O4S. The number of hydrogen-bond donors (Lipinski definition) is 1. The van der Waals surface area contributed by atoms with Gasteiger partial charge in [-0.2, -0.15) is 13.2 Å². The van der Waals surface area contributed by atoms with E-state index in [1.54, 1.807) is 19.1 Å². The fraction of sp³-hybridized carbons (Fsp3) is 0.174. The zero-order valence-electron chi connectivity index (χ0n) is 18.1. The molecule has 3 aromatic carbocycles. The first-order valence-corrected chi connectivity index (χ1v) is 11.6. The number of halogens is 4.